The van der Waals surface area contributed by atoms with Crippen molar-refractivity contribution in [1.29, 1.82) is 0 Å². The third-order valence-electron chi connectivity index (χ3n) is 5.72. The summed E-state index contributed by atoms with van der Waals surface area (Å²) in [7, 11) is 1.56. The lowest BCUT2D eigenvalue weighted by atomic mass is 9.91. The van der Waals surface area contributed by atoms with Crippen molar-refractivity contribution in [3.8, 4) is 22.6 Å². The summed E-state index contributed by atoms with van der Waals surface area (Å²) in [4.78, 5) is 11.2. The molecule has 1 saturated carbocycles. The average Bonchev–Trinajstić information content (AvgIpc) is 3.62. The molecule has 1 fully saturated rings. The van der Waals surface area contributed by atoms with Gasteiger partial charge in [0, 0.05) is 5.56 Å². The van der Waals surface area contributed by atoms with Gasteiger partial charge in [0.2, 0.25) is 0 Å². The van der Waals surface area contributed by atoms with E-state index in [9.17, 15) is 14.3 Å². The summed E-state index contributed by atoms with van der Waals surface area (Å²) in [6.45, 7) is 0.372. The number of aliphatic carboxylic acids is 1. The molecule has 5 heteroatoms. The van der Waals surface area contributed by atoms with Crippen LogP contribution in [0.3, 0.4) is 0 Å². The number of carbonyl (C=O) groups is 1. The second-order valence-electron chi connectivity index (χ2n) is 7.95. The van der Waals surface area contributed by atoms with E-state index < -0.39 is 5.97 Å². The zero-order valence-corrected chi connectivity index (χ0v) is 17.4. The highest BCUT2D eigenvalue weighted by atomic mass is 19.1. The van der Waals surface area contributed by atoms with Crippen molar-refractivity contribution in [3.05, 3.63) is 83.7 Å². The minimum atomic E-state index is -0.768. The van der Waals surface area contributed by atoms with Crippen molar-refractivity contribution < 1.29 is 23.8 Å². The summed E-state index contributed by atoms with van der Waals surface area (Å²) in [5, 5.41) is 9.23. The fourth-order valence-corrected chi connectivity index (χ4v) is 3.88. The second-order valence-corrected chi connectivity index (χ2v) is 7.95. The van der Waals surface area contributed by atoms with Crippen LogP contribution in [0.15, 0.2) is 66.7 Å². The molecule has 160 valence electrons. The van der Waals surface area contributed by atoms with E-state index in [2.05, 4.69) is 0 Å². The Bertz CT molecular complexity index is 1060. The van der Waals surface area contributed by atoms with Crippen LogP contribution < -0.4 is 9.47 Å². The average molecular weight is 420 g/mol. The number of hydrogen-bond acceptors (Lipinski definition) is 3. The van der Waals surface area contributed by atoms with Gasteiger partial charge in [-0.05, 0) is 71.7 Å². The minimum absolute atomic E-state index is 0.0399. The van der Waals surface area contributed by atoms with Crippen molar-refractivity contribution in [2.75, 3.05) is 7.11 Å². The lowest BCUT2D eigenvalue weighted by molar-refractivity contribution is -0.137. The SMILES string of the molecule is COc1ccc(F)c(-c2ccc(COc3cccc([C@@H](CC(=O)O)C4CC4)c3)cc2)c1. The normalized spacial score (nSPS) is 14.1. The zero-order chi connectivity index (χ0) is 21.8. The lowest BCUT2D eigenvalue weighted by Crippen LogP contribution is -2.08. The molecule has 1 N–H and O–H groups in total. The van der Waals surface area contributed by atoms with Crippen molar-refractivity contribution in [3.63, 3.8) is 0 Å². The highest BCUT2D eigenvalue weighted by Crippen LogP contribution is 2.45. The summed E-state index contributed by atoms with van der Waals surface area (Å²) in [5.41, 5.74) is 3.24. The summed E-state index contributed by atoms with van der Waals surface area (Å²) >= 11 is 0. The first-order chi connectivity index (χ1) is 15.0. The smallest absolute Gasteiger partial charge is 0.303 e. The molecule has 0 heterocycles. The van der Waals surface area contributed by atoms with Gasteiger partial charge in [0.1, 0.15) is 23.9 Å². The molecule has 1 aliphatic rings. The molecule has 31 heavy (non-hydrogen) atoms. The number of rotatable bonds is 9. The Labute approximate surface area is 181 Å². The van der Waals surface area contributed by atoms with Gasteiger partial charge < -0.3 is 14.6 Å². The monoisotopic (exact) mass is 420 g/mol. The topological polar surface area (TPSA) is 55.8 Å². The molecule has 4 rings (SSSR count). The van der Waals surface area contributed by atoms with Gasteiger partial charge in [-0.15, -0.1) is 0 Å². The van der Waals surface area contributed by atoms with Gasteiger partial charge in [-0.2, -0.15) is 0 Å². The van der Waals surface area contributed by atoms with E-state index in [1.807, 2.05) is 48.5 Å². The number of carboxylic acids is 1. The van der Waals surface area contributed by atoms with Crippen LogP contribution in [0.5, 0.6) is 11.5 Å². The lowest BCUT2D eigenvalue weighted by Gasteiger charge is -2.16. The van der Waals surface area contributed by atoms with Crippen molar-refractivity contribution >= 4 is 5.97 Å². The Balaban J connectivity index is 1.43. The van der Waals surface area contributed by atoms with E-state index in [1.165, 1.54) is 6.07 Å². The van der Waals surface area contributed by atoms with Crippen molar-refractivity contribution in [1.82, 2.24) is 0 Å². The molecule has 1 atom stereocenters. The summed E-state index contributed by atoms with van der Waals surface area (Å²) in [5.74, 6) is 0.755. The van der Waals surface area contributed by atoms with Gasteiger partial charge in [0.05, 0.1) is 13.5 Å². The molecule has 4 nitrogen and oxygen atoms in total. The number of ether oxygens (including phenoxy) is 2. The predicted octanol–water partition coefficient (Wildman–Crippen LogP) is 6.05. The standard InChI is InChI=1S/C26H25FO4/c1-30-21-11-12-25(27)24(14-21)19-7-5-17(6-8-19)16-31-22-4-2-3-20(13-22)23(15-26(28)29)18-9-10-18/h2-8,11-14,18,23H,9-10,15-16H2,1H3,(H,28,29)/t23-/m0/s1. The number of methoxy groups -OCH3 is 1. The predicted molar refractivity (Wildman–Crippen MR) is 117 cm³/mol. The van der Waals surface area contributed by atoms with Crippen molar-refractivity contribution in [2.45, 2.75) is 31.8 Å². The maximum Gasteiger partial charge on any atom is 0.303 e. The maximum atomic E-state index is 14.2. The molecule has 0 aliphatic heterocycles. The molecular formula is C26H25FO4. The quantitative estimate of drug-likeness (QED) is 0.458. The van der Waals surface area contributed by atoms with E-state index >= 15 is 0 Å². The Morgan fingerprint density at radius 3 is 2.52 bits per heavy atom. The summed E-state index contributed by atoms with van der Waals surface area (Å²) in [6.07, 6.45) is 2.32. The Hall–Kier alpha value is -3.34. The van der Waals surface area contributed by atoms with Crippen LogP contribution in [0.25, 0.3) is 11.1 Å². The first-order valence-electron chi connectivity index (χ1n) is 10.4. The number of benzene rings is 3. The molecule has 3 aromatic rings. The molecule has 0 aromatic heterocycles. The number of carboxylic acid groups (broad SMARTS) is 1. The molecule has 0 amide bonds. The van der Waals surface area contributed by atoms with E-state index in [-0.39, 0.29) is 18.2 Å². The third kappa shape index (κ3) is 5.23. The van der Waals surface area contributed by atoms with Crippen molar-refractivity contribution in [2.24, 2.45) is 5.92 Å². The van der Waals surface area contributed by atoms with E-state index in [0.29, 0.717) is 23.8 Å². The second kappa shape index (κ2) is 9.21. The van der Waals surface area contributed by atoms with Crippen LogP contribution in [-0.2, 0) is 11.4 Å². The van der Waals surface area contributed by atoms with Gasteiger partial charge in [-0.3, -0.25) is 4.79 Å². The van der Waals surface area contributed by atoms with Crippen LogP contribution >= 0.6 is 0 Å². The number of hydrogen-bond donors (Lipinski definition) is 1. The van der Waals surface area contributed by atoms with Crippen LogP contribution in [0, 0.1) is 11.7 Å². The fraction of sp³-hybridized carbons (Fsp3) is 0.269. The maximum absolute atomic E-state index is 14.2. The molecule has 3 aromatic carbocycles. The van der Waals surface area contributed by atoms with Gasteiger partial charge in [0.15, 0.2) is 0 Å². The molecule has 0 spiro atoms. The first-order valence-corrected chi connectivity index (χ1v) is 10.4. The summed E-state index contributed by atoms with van der Waals surface area (Å²) in [6, 6.07) is 20.0. The van der Waals surface area contributed by atoms with E-state index in [0.717, 1.165) is 35.3 Å². The van der Waals surface area contributed by atoms with Crippen LogP contribution in [-0.4, -0.2) is 18.2 Å². The van der Waals surface area contributed by atoms with E-state index in [1.54, 1.807) is 19.2 Å². The van der Waals surface area contributed by atoms with Gasteiger partial charge in [0.25, 0.3) is 0 Å². The van der Waals surface area contributed by atoms with E-state index in [4.69, 9.17) is 9.47 Å². The number of halogens is 1. The van der Waals surface area contributed by atoms with Gasteiger partial charge >= 0.3 is 5.97 Å². The molecule has 1 aliphatic carbocycles. The molecular weight excluding hydrogens is 395 g/mol. The largest absolute Gasteiger partial charge is 0.497 e. The van der Waals surface area contributed by atoms with Crippen LogP contribution in [0.4, 0.5) is 4.39 Å². The minimum Gasteiger partial charge on any atom is -0.497 e. The molecule has 0 saturated heterocycles. The molecule has 0 unspecified atom stereocenters. The zero-order valence-electron chi connectivity index (χ0n) is 17.4. The summed E-state index contributed by atoms with van der Waals surface area (Å²) < 4.78 is 25.3. The molecule has 0 bridgehead atoms. The highest BCUT2D eigenvalue weighted by molar-refractivity contribution is 5.68. The van der Waals surface area contributed by atoms with Crippen LogP contribution in [0.1, 0.15) is 36.3 Å². The van der Waals surface area contributed by atoms with Crippen LogP contribution in [0.2, 0.25) is 0 Å². The third-order valence-corrected chi connectivity index (χ3v) is 5.72. The first kappa shape index (κ1) is 20.9. The van der Waals surface area contributed by atoms with Gasteiger partial charge in [-0.25, -0.2) is 4.39 Å². The Morgan fingerprint density at radius 2 is 1.84 bits per heavy atom. The molecule has 0 radical (unpaired) electrons. The Kier molecular flexibility index (Phi) is 6.21. The fourth-order valence-electron chi connectivity index (χ4n) is 3.88. The highest BCUT2D eigenvalue weighted by Gasteiger charge is 2.33. The van der Waals surface area contributed by atoms with Gasteiger partial charge in [-0.1, -0.05) is 36.4 Å². The Morgan fingerprint density at radius 1 is 1.06 bits per heavy atom.